The second-order valence-electron chi connectivity index (χ2n) is 2.69. The van der Waals surface area contributed by atoms with Gasteiger partial charge in [0.15, 0.2) is 0 Å². The minimum absolute atomic E-state index is 0.266. The first-order chi connectivity index (χ1) is 5.64. The highest BCUT2D eigenvalue weighted by Gasteiger charge is 2.28. The third-order valence-corrected chi connectivity index (χ3v) is 3.99. The minimum Gasteiger partial charge on any atom is -0.383 e. The van der Waals surface area contributed by atoms with Crippen molar-refractivity contribution in [1.82, 2.24) is 0 Å². The van der Waals surface area contributed by atoms with Gasteiger partial charge >= 0.3 is 0 Å². The van der Waals surface area contributed by atoms with Crippen molar-refractivity contribution < 1.29 is 5.11 Å². The molecule has 3 N–H and O–H groups in total. The summed E-state index contributed by atoms with van der Waals surface area (Å²) in [6.07, 6.45) is 0.641. The standard InChI is InChI=1S/C8H12BrNOS/c1-2-8(11,5-10)7-6(9)3-4-12-7/h3-4,11H,2,5,10H2,1H3. The van der Waals surface area contributed by atoms with E-state index in [1.165, 1.54) is 11.3 Å². The van der Waals surface area contributed by atoms with Crippen molar-refractivity contribution in [3.05, 3.63) is 20.8 Å². The molecule has 12 heavy (non-hydrogen) atoms. The second kappa shape index (κ2) is 3.87. The fraction of sp³-hybridized carbons (Fsp3) is 0.500. The maximum Gasteiger partial charge on any atom is 0.112 e. The van der Waals surface area contributed by atoms with Crippen LogP contribution in [0.5, 0.6) is 0 Å². The van der Waals surface area contributed by atoms with Crippen LogP contribution in [-0.4, -0.2) is 11.7 Å². The van der Waals surface area contributed by atoms with Crippen LogP contribution in [0.1, 0.15) is 18.2 Å². The van der Waals surface area contributed by atoms with Crippen molar-refractivity contribution in [2.45, 2.75) is 18.9 Å². The SMILES string of the molecule is CCC(O)(CN)c1sccc1Br. The quantitative estimate of drug-likeness (QED) is 0.862. The minimum atomic E-state index is -0.854. The first kappa shape index (κ1) is 10.2. The van der Waals surface area contributed by atoms with Crippen molar-refractivity contribution >= 4 is 27.3 Å². The summed E-state index contributed by atoms with van der Waals surface area (Å²) in [6.45, 7) is 2.20. The van der Waals surface area contributed by atoms with Gasteiger partial charge in [-0.2, -0.15) is 0 Å². The van der Waals surface area contributed by atoms with E-state index < -0.39 is 5.60 Å². The lowest BCUT2D eigenvalue weighted by molar-refractivity contribution is 0.0450. The molecule has 0 saturated heterocycles. The molecule has 1 rings (SSSR count). The van der Waals surface area contributed by atoms with Crippen molar-refractivity contribution in [2.24, 2.45) is 5.73 Å². The molecule has 1 atom stereocenters. The van der Waals surface area contributed by atoms with Gasteiger partial charge in [-0.1, -0.05) is 6.92 Å². The lowest BCUT2D eigenvalue weighted by Crippen LogP contribution is -2.33. The zero-order valence-electron chi connectivity index (χ0n) is 6.88. The molecule has 0 aromatic carbocycles. The number of nitrogens with two attached hydrogens (primary N) is 1. The molecule has 0 aliphatic heterocycles. The van der Waals surface area contributed by atoms with E-state index in [0.717, 1.165) is 9.35 Å². The van der Waals surface area contributed by atoms with Crippen LogP contribution >= 0.6 is 27.3 Å². The normalized spacial score (nSPS) is 16.0. The first-order valence-electron chi connectivity index (χ1n) is 3.80. The topological polar surface area (TPSA) is 46.2 Å². The summed E-state index contributed by atoms with van der Waals surface area (Å²) in [6, 6.07) is 1.93. The van der Waals surface area contributed by atoms with Gasteiger partial charge in [0.2, 0.25) is 0 Å². The fourth-order valence-electron chi connectivity index (χ4n) is 1.02. The van der Waals surface area contributed by atoms with E-state index in [4.69, 9.17) is 5.73 Å². The monoisotopic (exact) mass is 249 g/mol. The van der Waals surface area contributed by atoms with Gasteiger partial charge in [-0.3, -0.25) is 0 Å². The maximum atomic E-state index is 10.0. The highest BCUT2D eigenvalue weighted by Crippen LogP contribution is 2.34. The Morgan fingerprint density at radius 1 is 1.75 bits per heavy atom. The van der Waals surface area contributed by atoms with Gasteiger partial charge in [0.05, 0.1) is 4.88 Å². The van der Waals surface area contributed by atoms with E-state index in [0.29, 0.717) is 6.42 Å². The zero-order valence-corrected chi connectivity index (χ0v) is 9.28. The van der Waals surface area contributed by atoms with Crippen molar-refractivity contribution in [1.29, 1.82) is 0 Å². The average molecular weight is 250 g/mol. The Morgan fingerprint density at radius 3 is 2.75 bits per heavy atom. The van der Waals surface area contributed by atoms with Gasteiger partial charge < -0.3 is 10.8 Å². The molecule has 0 fully saturated rings. The van der Waals surface area contributed by atoms with Crippen LogP contribution in [-0.2, 0) is 5.60 Å². The maximum absolute atomic E-state index is 10.0. The predicted octanol–water partition coefficient (Wildman–Crippen LogP) is 2.07. The van der Waals surface area contributed by atoms with Gasteiger partial charge in [-0.25, -0.2) is 0 Å². The summed E-state index contributed by atoms with van der Waals surface area (Å²) in [5.41, 5.74) is 4.66. The number of halogens is 1. The molecule has 4 heteroatoms. The molecule has 1 aromatic heterocycles. The van der Waals surface area contributed by atoms with Crippen LogP contribution in [0.3, 0.4) is 0 Å². The number of aliphatic hydroxyl groups is 1. The number of rotatable bonds is 3. The lowest BCUT2D eigenvalue weighted by Gasteiger charge is -2.23. The lowest BCUT2D eigenvalue weighted by atomic mass is 9.99. The molecule has 0 amide bonds. The van der Waals surface area contributed by atoms with Gasteiger partial charge in [0, 0.05) is 11.0 Å². The van der Waals surface area contributed by atoms with Gasteiger partial charge in [-0.05, 0) is 33.8 Å². The number of hydrogen-bond acceptors (Lipinski definition) is 3. The molecular weight excluding hydrogens is 238 g/mol. The summed E-state index contributed by atoms with van der Waals surface area (Å²) >= 11 is 4.91. The largest absolute Gasteiger partial charge is 0.383 e. The summed E-state index contributed by atoms with van der Waals surface area (Å²) in [5, 5.41) is 12.0. The van der Waals surface area contributed by atoms with E-state index in [1.807, 2.05) is 18.4 Å². The highest BCUT2D eigenvalue weighted by atomic mass is 79.9. The fourth-order valence-corrected chi connectivity index (χ4v) is 2.95. The second-order valence-corrected chi connectivity index (χ2v) is 4.46. The van der Waals surface area contributed by atoms with Crippen molar-refractivity contribution in [3.63, 3.8) is 0 Å². The van der Waals surface area contributed by atoms with Gasteiger partial charge in [-0.15, -0.1) is 11.3 Å². The molecule has 1 heterocycles. The summed E-state index contributed by atoms with van der Waals surface area (Å²) in [4.78, 5) is 0.924. The van der Waals surface area contributed by atoms with Crippen LogP contribution in [0.15, 0.2) is 15.9 Å². The molecular formula is C8H12BrNOS. The molecule has 1 aromatic rings. The molecule has 0 radical (unpaired) electrons. The Balaban J connectivity index is 3.02. The molecule has 68 valence electrons. The molecule has 0 aliphatic carbocycles. The van der Waals surface area contributed by atoms with Crippen LogP contribution < -0.4 is 5.73 Å². The van der Waals surface area contributed by atoms with Gasteiger partial charge in [0.25, 0.3) is 0 Å². The van der Waals surface area contributed by atoms with E-state index in [1.54, 1.807) is 0 Å². The third kappa shape index (κ3) is 1.71. The van der Waals surface area contributed by atoms with Crippen LogP contribution in [0.2, 0.25) is 0 Å². The Hall–Kier alpha value is 0.100. The van der Waals surface area contributed by atoms with Gasteiger partial charge in [0.1, 0.15) is 5.60 Å². The van der Waals surface area contributed by atoms with E-state index in [9.17, 15) is 5.11 Å². The molecule has 1 unspecified atom stereocenters. The Morgan fingerprint density at radius 2 is 2.42 bits per heavy atom. The average Bonchev–Trinajstić information content (AvgIpc) is 2.51. The number of hydrogen-bond donors (Lipinski definition) is 2. The zero-order chi connectivity index (χ0) is 9.19. The molecule has 2 nitrogen and oxygen atoms in total. The smallest absolute Gasteiger partial charge is 0.112 e. The van der Waals surface area contributed by atoms with E-state index in [-0.39, 0.29) is 6.54 Å². The molecule has 0 saturated carbocycles. The summed E-state index contributed by atoms with van der Waals surface area (Å²) in [7, 11) is 0. The highest BCUT2D eigenvalue weighted by molar-refractivity contribution is 9.10. The Kier molecular flexibility index (Phi) is 3.29. The van der Waals surface area contributed by atoms with Crippen LogP contribution in [0.25, 0.3) is 0 Å². The molecule has 0 spiro atoms. The van der Waals surface area contributed by atoms with Crippen LogP contribution in [0.4, 0.5) is 0 Å². The Labute approximate surface area is 84.5 Å². The first-order valence-corrected chi connectivity index (χ1v) is 5.47. The van der Waals surface area contributed by atoms with E-state index >= 15 is 0 Å². The molecule has 0 bridgehead atoms. The summed E-state index contributed by atoms with van der Waals surface area (Å²) in [5.74, 6) is 0. The third-order valence-electron chi connectivity index (χ3n) is 1.96. The predicted molar refractivity (Wildman–Crippen MR) is 55.3 cm³/mol. The van der Waals surface area contributed by atoms with Crippen LogP contribution in [0, 0.1) is 0 Å². The van der Waals surface area contributed by atoms with Crippen molar-refractivity contribution in [2.75, 3.05) is 6.54 Å². The van der Waals surface area contributed by atoms with E-state index in [2.05, 4.69) is 15.9 Å². The molecule has 0 aliphatic rings. The number of thiophene rings is 1. The van der Waals surface area contributed by atoms with Crippen molar-refractivity contribution in [3.8, 4) is 0 Å². The summed E-state index contributed by atoms with van der Waals surface area (Å²) < 4.78 is 0.947. The Bertz CT molecular complexity index is 257.